The number of ether oxygens (including phenoxy) is 1. The van der Waals surface area contributed by atoms with Crippen molar-refractivity contribution in [1.29, 1.82) is 0 Å². The van der Waals surface area contributed by atoms with E-state index >= 15 is 0 Å². The number of anilines is 1. The fraction of sp³-hybridized carbons (Fsp3) is 0.214. The van der Waals surface area contributed by atoms with E-state index in [0.717, 1.165) is 9.80 Å². The van der Waals surface area contributed by atoms with Crippen LogP contribution < -0.4 is 9.64 Å². The third-order valence-corrected chi connectivity index (χ3v) is 2.81. The van der Waals surface area contributed by atoms with Gasteiger partial charge in [-0.3, -0.25) is 14.5 Å². The van der Waals surface area contributed by atoms with E-state index < -0.39 is 17.8 Å². The predicted molar refractivity (Wildman–Crippen MR) is 72.4 cm³/mol. The average molecular weight is 274 g/mol. The number of benzene rings is 1. The minimum absolute atomic E-state index is 0.0378. The van der Waals surface area contributed by atoms with E-state index in [1.54, 1.807) is 31.2 Å². The average Bonchev–Trinajstić information content (AvgIpc) is 2.63. The van der Waals surface area contributed by atoms with Crippen LogP contribution in [0.5, 0.6) is 5.75 Å². The van der Waals surface area contributed by atoms with E-state index in [1.165, 1.54) is 7.11 Å². The van der Waals surface area contributed by atoms with Crippen molar-refractivity contribution >= 4 is 23.5 Å². The highest BCUT2D eigenvalue weighted by Gasteiger charge is 2.45. The van der Waals surface area contributed by atoms with Crippen LogP contribution in [0.3, 0.4) is 0 Å². The van der Waals surface area contributed by atoms with Crippen molar-refractivity contribution < 1.29 is 19.1 Å². The zero-order valence-corrected chi connectivity index (χ0v) is 11.3. The smallest absolute Gasteiger partial charge is 0.339 e. The van der Waals surface area contributed by atoms with E-state index in [4.69, 9.17) is 4.74 Å². The molecule has 6 heteroatoms. The number of hydrogen-bond donors (Lipinski definition) is 0. The first-order chi connectivity index (χ1) is 9.45. The number of carbonyl (C=O) groups is 3. The van der Waals surface area contributed by atoms with Crippen LogP contribution in [0.15, 0.2) is 36.4 Å². The molecule has 0 bridgehead atoms. The lowest BCUT2D eigenvalue weighted by Crippen LogP contribution is -2.34. The van der Waals surface area contributed by atoms with Crippen LogP contribution in [-0.2, 0) is 9.59 Å². The molecular formula is C14H14N2O4. The molecule has 0 aromatic heterocycles. The predicted octanol–water partition coefficient (Wildman–Crippen LogP) is 1.57. The van der Waals surface area contributed by atoms with E-state index in [0.29, 0.717) is 17.0 Å². The van der Waals surface area contributed by atoms with Gasteiger partial charge in [0.1, 0.15) is 5.75 Å². The van der Waals surface area contributed by atoms with Crippen LogP contribution >= 0.6 is 0 Å². The van der Waals surface area contributed by atoms with Gasteiger partial charge in [0.15, 0.2) is 0 Å². The van der Waals surface area contributed by atoms with Gasteiger partial charge < -0.3 is 4.74 Å². The molecule has 2 rings (SSSR count). The summed E-state index contributed by atoms with van der Waals surface area (Å²) in [5, 5.41) is 0. The van der Waals surface area contributed by atoms with E-state index in [1.807, 2.05) is 0 Å². The number of methoxy groups -OCH3 is 1. The Morgan fingerprint density at radius 3 is 2.25 bits per heavy atom. The highest BCUT2D eigenvalue weighted by molar-refractivity contribution is 6.52. The summed E-state index contributed by atoms with van der Waals surface area (Å²) in [6.07, 6.45) is 0. The van der Waals surface area contributed by atoms with Crippen LogP contribution in [0.2, 0.25) is 0 Å². The molecule has 1 heterocycles. The second kappa shape index (κ2) is 5.16. The van der Waals surface area contributed by atoms with Gasteiger partial charge in [0, 0.05) is 0 Å². The van der Waals surface area contributed by atoms with Crippen molar-refractivity contribution in [2.75, 3.05) is 18.6 Å². The summed E-state index contributed by atoms with van der Waals surface area (Å²) in [6, 6.07) is 5.66. The summed E-state index contributed by atoms with van der Waals surface area (Å²) in [4.78, 5) is 37.6. The topological polar surface area (TPSA) is 66.9 Å². The fourth-order valence-corrected chi connectivity index (χ4v) is 1.87. The van der Waals surface area contributed by atoms with Gasteiger partial charge in [-0.15, -0.1) is 0 Å². The van der Waals surface area contributed by atoms with Crippen LogP contribution in [-0.4, -0.2) is 36.4 Å². The highest BCUT2D eigenvalue weighted by Crippen LogP contribution is 2.24. The first-order valence-electron chi connectivity index (χ1n) is 5.94. The molecule has 0 N–H and O–H groups in total. The Morgan fingerprint density at radius 1 is 1.15 bits per heavy atom. The number of urea groups is 1. The van der Waals surface area contributed by atoms with Crippen molar-refractivity contribution in [2.45, 2.75) is 6.92 Å². The Labute approximate surface area is 116 Å². The van der Waals surface area contributed by atoms with Gasteiger partial charge in [0.2, 0.25) is 0 Å². The van der Waals surface area contributed by atoms with Gasteiger partial charge in [-0.1, -0.05) is 12.2 Å². The van der Waals surface area contributed by atoms with Gasteiger partial charge in [-0.05, 0) is 31.2 Å². The summed E-state index contributed by atoms with van der Waals surface area (Å²) >= 11 is 0. The molecule has 0 unspecified atom stereocenters. The minimum Gasteiger partial charge on any atom is -0.497 e. The maximum absolute atomic E-state index is 12.2. The van der Waals surface area contributed by atoms with Crippen LogP contribution in [0.1, 0.15) is 6.92 Å². The van der Waals surface area contributed by atoms with Gasteiger partial charge >= 0.3 is 17.8 Å². The van der Waals surface area contributed by atoms with Crippen molar-refractivity contribution in [3.8, 4) is 5.75 Å². The fourth-order valence-electron chi connectivity index (χ4n) is 1.87. The summed E-state index contributed by atoms with van der Waals surface area (Å²) in [7, 11) is 1.51. The second-order valence-corrected chi connectivity index (χ2v) is 4.47. The number of hydrogen-bond acceptors (Lipinski definition) is 4. The molecule has 6 nitrogen and oxygen atoms in total. The van der Waals surface area contributed by atoms with Crippen LogP contribution in [0, 0.1) is 0 Å². The zero-order chi connectivity index (χ0) is 14.9. The maximum atomic E-state index is 12.2. The first-order valence-corrected chi connectivity index (χ1v) is 5.94. The van der Waals surface area contributed by atoms with E-state index in [-0.39, 0.29) is 6.54 Å². The molecule has 1 aromatic carbocycles. The molecule has 0 atom stereocenters. The van der Waals surface area contributed by atoms with Crippen LogP contribution in [0.4, 0.5) is 10.5 Å². The van der Waals surface area contributed by atoms with E-state index in [9.17, 15) is 14.4 Å². The molecule has 0 radical (unpaired) electrons. The minimum atomic E-state index is -0.860. The molecule has 1 aromatic rings. The number of rotatable bonds is 4. The van der Waals surface area contributed by atoms with Gasteiger partial charge in [0.05, 0.1) is 19.3 Å². The lowest BCUT2D eigenvalue weighted by molar-refractivity contribution is -0.139. The number of amides is 4. The van der Waals surface area contributed by atoms with Gasteiger partial charge in [-0.25, -0.2) is 9.69 Å². The molecule has 0 saturated carbocycles. The number of carbonyl (C=O) groups excluding carboxylic acids is 3. The lowest BCUT2D eigenvalue weighted by atomic mass is 10.3. The van der Waals surface area contributed by atoms with Crippen molar-refractivity contribution in [3.63, 3.8) is 0 Å². The normalized spacial score (nSPS) is 15.0. The quantitative estimate of drug-likeness (QED) is 0.475. The highest BCUT2D eigenvalue weighted by atomic mass is 16.5. The summed E-state index contributed by atoms with van der Waals surface area (Å²) in [5.41, 5.74) is 0.953. The third-order valence-electron chi connectivity index (χ3n) is 2.81. The molecule has 1 fully saturated rings. The Bertz CT molecular complexity index is 592. The second-order valence-electron chi connectivity index (χ2n) is 4.47. The summed E-state index contributed by atoms with van der Waals surface area (Å²) in [5.74, 6) is -1.10. The zero-order valence-electron chi connectivity index (χ0n) is 11.3. The SMILES string of the molecule is C=C(C)CN1C(=O)C(=O)N(c2ccc(OC)cc2)C1=O. The molecule has 1 saturated heterocycles. The molecule has 20 heavy (non-hydrogen) atoms. The van der Waals surface area contributed by atoms with Gasteiger partial charge in [0.25, 0.3) is 0 Å². The monoisotopic (exact) mass is 274 g/mol. The maximum Gasteiger partial charge on any atom is 0.339 e. The summed E-state index contributed by atoms with van der Waals surface area (Å²) in [6.45, 7) is 5.36. The molecule has 1 aliphatic heterocycles. The van der Waals surface area contributed by atoms with Crippen LogP contribution in [0.25, 0.3) is 0 Å². The van der Waals surface area contributed by atoms with Gasteiger partial charge in [-0.2, -0.15) is 0 Å². The number of imide groups is 2. The summed E-state index contributed by atoms with van der Waals surface area (Å²) < 4.78 is 5.00. The van der Waals surface area contributed by atoms with Crippen molar-refractivity contribution in [3.05, 3.63) is 36.4 Å². The molecule has 4 amide bonds. The van der Waals surface area contributed by atoms with Crippen molar-refractivity contribution in [2.24, 2.45) is 0 Å². The standard InChI is InChI=1S/C14H14N2O4/c1-9(2)8-15-12(17)13(18)16(14(15)19)10-4-6-11(20-3)7-5-10/h4-7H,1,8H2,2-3H3. The van der Waals surface area contributed by atoms with E-state index in [2.05, 4.69) is 6.58 Å². The Kier molecular flexibility index (Phi) is 3.56. The molecule has 104 valence electrons. The Morgan fingerprint density at radius 2 is 1.75 bits per heavy atom. The molecule has 0 aliphatic carbocycles. The lowest BCUT2D eigenvalue weighted by Gasteiger charge is -2.15. The van der Waals surface area contributed by atoms with Crippen molar-refractivity contribution in [1.82, 2.24) is 4.90 Å². The number of nitrogens with zero attached hydrogens (tertiary/aromatic N) is 2. The largest absolute Gasteiger partial charge is 0.497 e. The third kappa shape index (κ3) is 2.27. The molecular weight excluding hydrogens is 260 g/mol. The Balaban J connectivity index is 2.32. The molecule has 0 spiro atoms. The molecule has 1 aliphatic rings. The Hall–Kier alpha value is -2.63. The first kappa shape index (κ1) is 13.8.